The summed E-state index contributed by atoms with van der Waals surface area (Å²) in [6.07, 6.45) is 3.84. The van der Waals surface area contributed by atoms with Gasteiger partial charge in [-0.15, -0.1) is 0 Å². The van der Waals surface area contributed by atoms with Crippen molar-refractivity contribution in [3.05, 3.63) is 34.9 Å². The van der Waals surface area contributed by atoms with Crippen molar-refractivity contribution in [2.45, 2.75) is 39.2 Å². The first-order valence-electron chi connectivity index (χ1n) is 6.14. The van der Waals surface area contributed by atoms with Crippen LogP contribution in [0.25, 0.3) is 0 Å². The lowest BCUT2D eigenvalue weighted by atomic mass is 9.90. The van der Waals surface area contributed by atoms with E-state index in [0.29, 0.717) is 11.5 Å². The van der Waals surface area contributed by atoms with Crippen LogP contribution >= 0.6 is 11.6 Å². The lowest BCUT2D eigenvalue weighted by molar-refractivity contribution is 0.355. The number of nitrogens with one attached hydrogen (secondary N) is 1. The normalized spacial score (nSPS) is 19.4. The largest absolute Gasteiger partial charge is 0.314 e. The highest BCUT2D eigenvalue weighted by molar-refractivity contribution is 6.30. The van der Waals surface area contributed by atoms with E-state index in [1.165, 1.54) is 18.4 Å². The second kappa shape index (κ2) is 4.77. The maximum atomic E-state index is 6.02. The van der Waals surface area contributed by atoms with Gasteiger partial charge in [-0.2, -0.15) is 0 Å². The van der Waals surface area contributed by atoms with E-state index in [9.17, 15) is 0 Å². The molecule has 0 saturated heterocycles. The molecule has 88 valence electrons. The second-order valence-electron chi connectivity index (χ2n) is 4.95. The average molecular weight is 238 g/mol. The number of hydrogen-bond donors (Lipinski definition) is 1. The number of hydrogen-bond acceptors (Lipinski definition) is 1. The Morgan fingerprint density at radius 3 is 2.75 bits per heavy atom. The third-order valence-electron chi connectivity index (χ3n) is 3.77. The number of benzene rings is 1. The third-order valence-corrected chi connectivity index (χ3v) is 4.00. The molecule has 0 spiro atoms. The van der Waals surface area contributed by atoms with Crippen molar-refractivity contribution < 1.29 is 0 Å². The Labute approximate surface area is 103 Å². The standard InChI is InChI=1S/C14H20ClN/c1-3-16-11(2)14(7-8-14)10-12-5-4-6-13(15)9-12/h4-6,9,11,16H,3,7-8,10H2,1-2H3. The van der Waals surface area contributed by atoms with E-state index in [1.807, 2.05) is 12.1 Å². The Balaban J connectivity index is 2.04. The zero-order valence-corrected chi connectivity index (χ0v) is 10.8. The van der Waals surface area contributed by atoms with E-state index < -0.39 is 0 Å². The molecular weight excluding hydrogens is 218 g/mol. The topological polar surface area (TPSA) is 12.0 Å². The Hall–Kier alpha value is -0.530. The Kier molecular flexibility index (Phi) is 3.56. The number of halogens is 1. The van der Waals surface area contributed by atoms with Gasteiger partial charge in [0.25, 0.3) is 0 Å². The zero-order chi connectivity index (χ0) is 11.6. The van der Waals surface area contributed by atoms with Crippen LogP contribution in [0.3, 0.4) is 0 Å². The lowest BCUT2D eigenvalue weighted by Crippen LogP contribution is -2.35. The minimum Gasteiger partial charge on any atom is -0.314 e. The molecular formula is C14H20ClN. The summed E-state index contributed by atoms with van der Waals surface area (Å²) in [6, 6.07) is 8.88. The van der Waals surface area contributed by atoms with Crippen molar-refractivity contribution >= 4 is 11.6 Å². The molecule has 1 aromatic carbocycles. The molecule has 2 heteroatoms. The first-order chi connectivity index (χ1) is 7.66. The average Bonchev–Trinajstić information content (AvgIpc) is 2.99. The third kappa shape index (κ3) is 2.58. The molecule has 1 aliphatic carbocycles. The molecule has 0 aliphatic heterocycles. The Bertz CT molecular complexity index is 358. The zero-order valence-electron chi connectivity index (χ0n) is 10.1. The van der Waals surface area contributed by atoms with Crippen molar-refractivity contribution in [1.82, 2.24) is 5.32 Å². The lowest BCUT2D eigenvalue weighted by Gasteiger charge is -2.24. The molecule has 1 fully saturated rings. The van der Waals surface area contributed by atoms with Crippen molar-refractivity contribution in [3.8, 4) is 0 Å². The molecule has 0 bridgehead atoms. The van der Waals surface area contributed by atoms with Gasteiger partial charge in [-0.25, -0.2) is 0 Å². The summed E-state index contributed by atoms with van der Waals surface area (Å²) in [5, 5.41) is 4.40. The number of rotatable bonds is 5. The summed E-state index contributed by atoms with van der Waals surface area (Å²) in [5.74, 6) is 0. The van der Waals surface area contributed by atoms with Crippen LogP contribution in [-0.4, -0.2) is 12.6 Å². The van der Waals surface area contributed by atoms with Crippen LogP contribution in [0.2, 0.25) is 5.02 Å². The van der Waals surface area contributed by atoms with E-state index in [0.717, 1.165) is 18.0 Å². The fourth-order valence-electron chi connectivity index (χ4n) is 2.50. The highest BCUT2D eigenvalue weighted by atomic mass is 35.5. The molecule has 1 N–H and O–H groups in total. The summed E-state index contributed by atoms with van der Waals surface area (Å²) in [7, 11) is 0. The predicted molar refractivity (Wildman–Crippen MR) is 70.0 cm³/mol. The molecule has 16 heavy (non-hydrogen) atoms. The highest BCUT2D eigenvalue weighted by Crippen LogP contribution is 2.51. The second-order valence-corrected chi connectivity index (χ2v) is 5.38. The summed E-state index contributed by atoms with van der Waals surface area (Å²) in [4.78, 5) is 0. The molecule has 1 aromatic rings. The van der Waals surface area contributed by atoms with Gasteiger partial charge >= 0.3 is 0 Å². The van der Waals surface area contributed by atoms with Crippen molar-refractivity contribution in [2.24, 2.45) is 5.41 Å². The monoisotopic (exact) mass is 237 g/mol. The predicted octanol–water partition coefficient (Wildman–Crippen LogP) is 3.66. The quantitative estimate of drug-likeness (QED) is 0.824. The highest BCUT2D eigenvalue weighted by Gasteiger charge is 2.46. The summed E-state index contributed by atoms with van der Waals surface area (Å²) in [5.41, 5.74) is 1.86. The van der Waals surface area contributed by atoms with Crippen LogP contribution in [0.5, 0.6) is 0 Å². The van der Waals surface area contributed by atoms with Crippen LogP contribution in [0.4, 0.5) is 0 Å². The Morgan fingerprint density at radius 1 is 1.44 bits per heavy atom. The smallest absolute Gasteiger partial charge is 0.0408 e. The Morgan fingerprint density at radius 2 is 2.19 bits per heavy atom. The van der Waals surface area contributed by atoms with Gasteiger partial charge in [-0.1, -0.05) is 30.7 Å². The van der Waals surface area contributed by atoms with Crippen molar-refractivity contribution in [3.63, 3.8) is 0 Å². The van der Waals surface area contributed by atoms with Gasteiger partial charge in [0.1, 0.15) is 0 Å². The van der Waals surface area contributed by atoms with E-state index in [2.05, 4.69) is 31.3 Å². The first kappa shape index (κ1) is 11.9. The minimum atomic E-state index is 0.487. The van der Waals surface area contributed by atoms with E-state index >= 15 is 0 Å². The molecule has 0 heterocycles. The minimum absolute atomic E-state index is 0.487. The molecule has 1 aliphatic rings. The van der Waals surface area contributed by atoms with Crippen molar-refractivity contribution in [1.29, 1.82) is 0 Å². The fourth-order valence-corrected chi connectivity index (χ4v) is 2.71. The molecule has 2 rings (SSSR count). The molecule has 1 atom stereocenters. The molecule has 1 unspecified atom stereocenters. The van der Waals surface area contributed by atoms with Crippen LogP contribution in [0, 0.1) is 5.41 Å². The maximum absolute atomic E-state index is 6.02. The van der Waals surface area contributed by atoms with Crippen LogP contribution < -0.4 is 5.32 Å². The van der Waals surface area contributed by atoms with Crippen molar-refractivity contribution in [2.75, 3.05) is 6.54 Å². The molecule has 0 aromatic heterocycles. The summed E-state index contributed by atoms with van der Waals surface area (Å²) < 4.78 is 0. The SMILES string of the molecule is CCNC(C)C1(Cc2cccc(Cl)c2)CC1. The van der Waals surface area contributed by atoms with Crippen LogP contribution in [0.1, 0.15) is 32.3 Å². The van der Waals surface area contributed by atoms with E-state index in [-0.39, 0.29) is 0 Å². The molecule has 0 radical (unpaired) electrons. The molecule has 0 amide bonds. The van der Waals surface area contributed by atoms with Gasteiger partial charge in [0, 0.05) is 11.1 Å². The van der Waals surface area contributed by atoms with Crippen LogP contribution in [0.15, 0.2) is 24.3 Å². The van der Waals surface area contributed by atoms with E-state index in [1.54, 1.807) is 0 Å². The van der Waals surface area contributed by atoms with Gasteiger partial charge < -0.3 is 5.32 Å². The van der Waals surface area contributed by atoms with Gasteiger partial charge in [0.05, 0.1) is 0 Å². The van der Waals surface area contributed by atoms with Gasteiger partial charge in [-0.3, -0.25) is 0 Å². The summed E-state index contributed by atoms with van der Waals surface area (Å²) in [6.45, 7) is 5.53. The van der Waals surface area contributed by atoms with Gasteiger partial charge in [-0.05, 0) is 55.8 Å². The fraction of sp³-hybridized carbons (Fsp3) is 0.571. The van der Waals surface area contributed by atoms with E-state index in [4.69, 9.17) is 11.6 Å². The first-order valence-corrected chi connectivity index (χ1v) is 6.52. The molecule has 1 saturated carbocycles. The maximum Gasteiger partial charge on any atom is 0.0408 e. The van der Waals surface area contributed by atoms with Crippen LogP contribution in [-0.2, 0) is 6.42 Å². The van der Waals surface area contributed by atoms with Gasteiger partial charge in [0.15, 0.2) is 0 Å². The molecule has 1 nitrogen and oxygen atoms in total. The summed E-state index contributed by atoms with van der Waals surface area (Å²) >= 11 is 6.02. The van der Waals surface area contributed by atoms with Gasteiger partial charge in [0.2, 0.25) is 0 Å².